The first-order valence-corrected chi connectivity index (χ1v) is 7.08. The number of nitrogens with zero attached hydrogens (tertiary/aromatic N) is 1. The summed E-state index contributed by atoms with van der Waals surface area (Å²) in [6, 6.07) is -1.04. The summed E-state index contributed by atoms with van der Waals surface area (Å²) in [5, 5.41) is 11.5. The number of thioether (sulfide) groups is 1. The van der Waals surface area contributed by atoms with E-state index >= 15 is 0 Å². The second-order valence-electron chi connectivity index (χ2n) is 4.04. The van der Waals surface area contributed by atoms with Crippen LogP contribution in [0, 0.1) is 0 Å². The van der Waals surface area contributed by atoms with E-state index in [0.29, 0.717) is 6.42 Å². The van der Waals surface area contributed by atoms with Gasteiger partial charge in [0.25, 0.3) is 0 Å². The monoisotopic (exact) mass is 262 g/mol. The first kappa shape index (κ1) is 16.1. The van der Waals surface area contributed by atoms with Gasteiger partial charge in [-0.05, 0) is 19.6 Å². The van der Waals surface area contributed by atoms with Gasteiger partial charge in [-0.2, -0.15) is 11.8 Å². The van der Waals surface area contributed by atoms with Gasteiger partial charge in [-0.25, -0.2) is 9.59 Å². The van der Waals surface area contributed by atoms with Gasteiger partial charge in [-0.1, -0.05) is 13.3 Å². The van der Waals surface area contributed by atoms with E-state index in [9.17, 15) is 9.59 Å². The smallest absolute Gasteiger partial charge is 0.326 e. The van der Waals surface area contributed by atoms with Gasteiger partial charge in [0.2, 0.25) is 0 Å². The number of hydrogen-bond donors (Lipinski definition) is 2. The fourth-order valence-corrected chi connectivity index (χ4v) is 2.06. The van der Waals surface area contributed by atoms with Gasteiger partial charge < -0.3 is 15.3 Å². The molecule has 0 saturated heterocycles. The average molecular weight is 262 g/mol. The molecule has 6 heteroatoms. The summed E-state index contributed by atoms with van der Waals surface area (Å²) in [5.74, 6) is -0.152. The Hall–Kier alpha value is -0.910. The van der Waals surface area contributed by atoms with Gasteiger partial charge in [-0.3, -0.25) is 0 Å². The maximum absolute atomic E-state index is 11.8. The Labute approximate surface area is 107 Å². The molecule has 0 bridgehead atoms. The standard InChI is InChI=1S/C11H22N2O3S/c1-5-6-9(10(14)15)12-11(16)13(3)8(2)7-17-4/h8-9H,5-7H2,1-4H3,(H,12,16)(H,14,15)/t8?,9-/m0/s1. The predicted molar refractivity (Wildman–Crippen MR) is 70.5 cm³/mol. The number of hydrogen-bond acceptors (Lipinski definition) is 3. The Morgan fingerprint density at radius 1 is 1.47 bits per heavy atom. The highest BCUT2D eigenvalue weighted by molar-refractivity contribution is 7.98. The number of nitrogens with one attached hydrogen (secondary N) is 1. The maximum Gasteiger partial charge on any atom is 0.326 e. The van der Waals surface area contributed by atoms with Crippen LogP contribution in [-0.2, 0) is 4.79 Å². The molecule has 0 saturated carbocycles. The molecule has 2 N–H and O–H groups in total. The Bertz CT molecular complexity index is 261. The Morgan fingerprint density at radius 3 is 2.47 bits per heavy atom. The van der Waals surface area contributed by atoms with Crippen LogP contribution in [-0.4, -0.2) is 53.1 Å². The number of carboxylic acid groups (broad SMARTS) is 1. The predicted octanol–water partition coefficient (Wildman–Crippen LogP) is 1.63. The molecule has 17 heavy (non-hydrogen) atoms. The number of rotatable bonds is 7. The van der Waals surface area contributed by atoms with Crippen molar-refractivity contribution in [3.63, 3.8) is 0 Å². The minimum atomic E-state index is -0.980. The van der Waals surface area contributed by atoms with Gasteiger partial charge in [0, 0.05) is 18.8 Å². The third-order valence-corrected chi connectivity index (χ3v) is 3.38. The molecule has 0 aliphatic rings. The number of aliphatic carboxylic acids is 1. The highest BCUT2D eigenvalue weighted by Crippen LogP contribution is 2.05. The van der Waals surface area contributed by atoms with E-state index < -0.39 is 12.0 Å². The van der Waals surface area contributed by atoms with Crippen LogP contribution in [0.2, 0.25) is 0 Å². The molecule has 0 aliphatic carbocycles. The topological polar surface area (TPSA) is 69.6 Å². The molecule has 0 spiro atoms. The van der Waals surface area contributed by atoms with Crippen molar-refractivity contribution in [3.05, 3.63) is 0 Å². The molecule has 0 heterocycles. The zero-order valence-electron chi connectivity index (χ0n) is 10.9. The average Bonchev–Trinajstić information content (AvgIpc) is 2.27. The number of carbonyl (C=O) groups excluding carboxylic acids is 1. The van der Waals surface area contributed by atoms with Crippen molar-refractivity contribution in [1.82, 2.24) is 10.2 Å². The highest BCUT2D eigenvalue weighted by Gasteiger charge is 2.22. The van der Waals surface area contributed by atoms with Crippen LogP contribution in [0.15, 0.2) is 0 Å². The number of carbonyl (C=O) groups is 2. The van der Waals surface area contributed by atoms with E-state index in [2.05, 4.69) is 5.32 Å². The molecular formula is C11H22N2O3S. The van der Waals surface area contributed by atoms with Gasteiger partial charge in [0.05, 0.1) is 0 Å². The first-order chi connectivity index (χ1) is 7.93. The lowest BCUT2D eigenvalue weighted by molar-refractivity contribution is -0.139. The number of carboxylic acids is 1. The summed E-state index contributed by atoms with van der Waals surface area (Å²) < 4.78 is 0. The van der Waals surface area contributed by atoms with Crippen LogP contribution in [0.3, 0.4) is 0 Å². The van der Waals surface area contributed by atoms with Gasteiger partial charge in [0.15, 0.2) is 0 Å². The summed E-state index contributed by atoms with van der Waals surface area (Å²) in [4.78, 5) is 24.2. The molecule has 2 amide bonds. The van der Waals surface area contributed by atoms with Gasteiger partial charge >= 0.3 is 12.0 Å². The molecule has 0 aliphatic heterocycles. The number of urea groups is 1. The van der Waals surface area contributed by atoms with Gasteiger partial charge in [-0.15, -0.1) is 0 Å². The maximum atomic E-state index is 11.8. The van der Waals surface area contributed by atoms with Crippen LogP contribution in [0.4, 0.5) is 4.79 Å². The first-order valence-electron chi connectivity index (χ1n) is 5.69. The molecular weight excluding hydrogens is 240 g/mol. The summed E-state index contributed by atoms with van der Waals surface area (Å²) >= 11 is 1.65. The fourth-order valence-electron chi connectivity index (χ4n) is 1.35. The molecule has 0 aromatic heterocycles. The lowest BCUT2D eigenvalue weighted by Crippen LogP contribution is -2.49. The molecule has 100 valence electrons. The second kappa shape index (κ2) is 8.22. The van der Waals surface area contributed by atoms with Gasteiger partial charge in [0.1, 0.15) is 6.04 Å². The van der Waals surface area contributed by atoms with Crippen LogP contribution in [0.5, 0.6) is 0 Å². The van der Waals surface area contributed by atoms with Crippen molar-refractivity contribution in [2.45, 2.75) is 38.8 Å². The van der Waals surface area contributed by atoms with E-state index in [-0.39, 0.29) is 12.1 Å². The van der Waals surface area contributed by atoms with Crippen molar-refractivity contribution in [2.24, 2.45) is 0 Å². The summed E-state index contributed by atoms with van der Waals surface area (Å²) in [6.07, 6.45) is 3.15. The molecule has 0 rings (SSSR count). The molecule has 0 aromatic rings. The third kappa shape index (κ3) is 5.81. The Kier molecular flexibility index (Phi) is 7.78. The van der Waals surface area contributed by atoms with E-state index in [1.807, 2.05) is 20.1 Å². The quantitative estimate of drug-likeness (QED) is 0.731. The summed E-state index contributed by atoms with van der Waals surface area (Å²) in [6.45, 7) is 3.83. The summed E-state index contributed by atoms with van der Waals surface area (Å²) in [7, 11) is 1.68. The SMILES string of the molecule is CCC[C@H](NC(=O)N(C)C(C)CSC)C(=O)O. The van der Waals surface area contributed by atoms with E-state index in [0.717, 1.165) is 12.2 Å². The van der Waals surface area contributed by atoms with E-state index in [1.54, 1.807) is 23.7 Å². The normalized spacial score (nSPS) is 13.9. The molecule has 2 atom stereocenters. The Morgan fingerprint density at radius 2 is 2.06 bits per heavy atom. The van der Waals surface area contributed by atoms with Crippen LogP contribution >= 0.6 is 11.8 Å². The highest BCUT2D eigenvalue weighted by atomic mass is 32.2. The molecule has 5 nitrogen and oxygen atoms in total. The zero-order valence-corrected chi connectivity index (χ0v) is 11.7. The fraction of sp³-hybridized carbons (Fsp3) is 0.818. The lowest BCUT2D eigenvalue weighted by atomic mass is 10.2. The molecule has 0 aromatic carbocycles. The molecule has 1 unspecified atom stereocenters. The van der Waals surface area contributed by atoms with Crippen LogP contribution < -0.4 is 5.32 Å². The van der Waals surface area contributed by atoms with Crippen LogP contribution in [0.1, 0.15) is 26.7 Å². The van der Waals surface area contributed by atoms with Crippen molar-refractivity contribution >= 4 is 23.8 Å². The van der Waals surface area contributed by atoms with E-state index in [1.165, 1.54) is 0 Å². The van der Waals surface area contributed by atoms with Crippen molar-refractivity contribution in [3.8, 4) is 0 Å². The van der Waals surface area contributed by atoms with Crippen molar-refractivity contribution in [1.29, 1.82) is 0 Å². The third-order valence-electron chi connectivity index (χ3n) is 2.56. The van der Waals surface area contributed by atoms with Crippen molar-refractivity contribution in [2.75, 3.05) is 19.1 Å². The largest absolute Gasteiger partial charge is 0.480 e. The lowest BCUT2D eigenvalue weighted by Gasteiger charge is -2.26. The zero-order chi connectivity index (χ0) is 13.4. The minimum Gasteiger partial charge on any atom is -0.480 e. The second-order valence-corrected chi connectivity index (χ2v) is 4.95. The minimum absolute atomic E-state index is 0.0843. The summed E-state index contributed by atoms with van der Waals surface area (Å²) in [5.41, 5.74) is 0. The van der Waals surface area contributed by atoms with Crippen LogP contribution in [0.25, 0.3) is 0 Å². The van der Waals surface area contributed by atoms with E-state index in [4.69, 9.17) is 5.11 Å². The number of amides is 2. The molecule has 0 fully saturated rings. The Balaban J connectivity index is 4.34. The molecule has 0 radical (unpaired) electrons. The van der Waals surface area contributed by atoms with Crippen molar-refractivity contribution < 1.29 is 14.7 Å².